The number of nitrogens with zero attached hydrogens (tertiary/aromatic N) is 2. The number of carbonyl (C=O) groups excluding carboxylic acids is 3. The van der Waals surface area contributed by atoms with Crippen molar-refractivity contribution in [3.63, 3.8) is 0 Å². The molecule has 4 aromatic carbocycles. The maximum atomic E-state index is 14.3. The summed E-state index contributed by atoms with van der Waals surface area (Å²) in [4.78, 5) is 42.6. The predicted molar refractivity (Wildman–Crippen MR) is 149 cm³/mol. The molecule has 4 aliphatic rings. The van der Waals surface area contributed by atoms with Crippen LogP contribution in [0.4, 0.5) is 5.69 Å². The summed E-state index contributed by atoms with van der Waals surface area (Å²) >= 11 is 0. The van der Waals surface area contributed by atoms with Crippen molar-refractivity contribution in [2.45, 2.75) is 18.3 Å². The van der Waals surface area contributed by atoms with E-state index in [2.05, 4.69) is 10.5 Å². The van der Waals surface area contributed by atoms with Gasteiger partial charge in [0, 0.05) is 17.7 Å². The molecular weight excluding hydrogens is 486 g/mol. The molecule has 1 N–H and O–H groups in total. The second-order valence-corrected chi connectivity index (χ2v) is 10.4. The van der Waals surface area contributed by atoms with Crippen molar-refractivity contribution in [3.8, 4) is 0 Å². The van der Waals surface area contributed by atoms with Gasteiger partial charge in [-0.1, -0.05) is 84.4 Å². The molecule has 1 aliphatic heterocycles. The fraction of sp³-hybridized carbons (Fsp3) is 0.152. The molecule has 3 amide bonds. The number of benzene rings is 4. The molecule has 0 saturated carbocycles. The molecule has 1 fully saturated rings. The quantitative estimate of drug-likeness (QED) is 0.239. The summed E-state index contributed by atoms with van der Waals surface area (Å²) in [7, 11) is 0. The molecule has 0 radical (unpaired) electrons. The van der Waals surface area contributed by atoms with Crippen LogP contribution in [-0.4, -0.2) is 23.9 Å². The molecule has 1 heterocycles. The third-order valence-electron chi connectivity index (χ3n) is 8.45. The minimum atomic E-state index is -1.02. The second kappa shape index (κ2) is 8.60. The van der Waals surface area contributed by atoms with Gasteiger partial charge in [-0.25, -0.2) is 10.3 Å². The van der Waals surface area contributed by atoms with Crippen molar-refractivity contribution in [3.05, 3.63) is 137 Å². The highest BCUT2D eigenvalue weighted by molar-refractivity contribution is 6.25. The number of carbonyl (C=O) groups is 3. The smallest absolute Gasteiger partial charge is 0.271 e. The van der Waals surface area contributed by atoms with Gasteiger partial charge in [-0.3, -0.25) is 14.4 Å². The molecule has 0 unspecified atom stereocenters. The Morgan fingerprint density at radius 3 is 2.03 bits per heavy atom. The maximum Gasteiger partial charge on any atom is 0.271 e. The number of aryl methyl sites for hydroxylation is 1. The highest BCUT2D eigenvalue weighted by atomic mass is 16.2. The lowest BCUT2D eigenvalue weighted by molar-refractivity contribution is -0.122. The van der Waals surface area contributed by atoms with Crippen molar-refractivity contribution in [2.75, 3.05) is 4.90 Å². The Labute approximate surface area is 226 Å². The van der Waals surface area contributed by atoms with Crippen molar-refractivity contribution in [1.82, 2.24) is 5.43 Å². The number of amides is 3. The first-order valence-electron chi connectivity index (χ1n) is 13.1. The zero-order chi connectivity index (χ0) is 26.7. The predicted octanol–water partition coefficient (Wildman–Crippen LogP) is 4.96. The van der Waals surface area contributed by atoms with Crippen LogP contribution >= 0.6 is 0 Å². The van der Waals surface area contributed by atoms with Crippen LogP contribution in [0.25, 0.3) is 0 Å². The van der Waals surface area contributed by atoms with E-state index in [-0.39, 0.29) is 23.6 Å². The summed E-state index contributed by atoms with van der Waals surface area (Å²) in [6.07, 6.45) is 1.68. The van der Waals surface area contributed by atoms with Crippen molar-refractivity contribution < 1.29 is 14.4 Å². The van der Waals surface area contributed by atoms with Gasteiger partial charge in [0.1, 0.15) is 0 Å². The lowest BCUT2D eigenvalue weighted by atomic mass is 9.47. The first kappa shape index (κ1) is 23.3. The third kappa shape index (κ3) is 3.21. The fourth-order valence-corrected chi connectivity index (χ4v) is 6.84. The fourth-order valence-electron chi connectivity index (χ4n) is 6.84. The first-order valence-corrected chi connectivity index (χ1v) is 13.1. The van der Waals surface area contributed by atoms with E-state index in [1.165, 1.54) is 4.90 Å². The van der Waals surface area contributed by atoms with Crippen LogP contribution in [0.1, 0.15) is 44.1 Å². The Bertz CT molecular complexity index is 1630. The summed E-state index contributed by atoms with van der Waals surface area (Å²) in [5, 5.41) is 4.47. The largest absolute Gasteiger partial charge is 0.274 e. The summed E-state index contributed by atoms with van der Waals surface area (Å²) in [6.45, 7) is 1.96. The van der Waals surface area contributed by atoms with Crippen molar-refractivity contribution >= 4 is 29.6 Å². The molecule has 6 heteroatoms. The Morgan fingerprint density at radius 2 is 1.38 bits per heavy atom. The number of hydrazone groups is 1. The van der Waals surface area contributed by atoms with E-state index in [1.807, 2.05) is 85.8 Å². The van der Waals surface area contributed by atoms with E-state index >= 15 is 0 Å². The number of para-hydroxylation sites is 1. The maximum absolute atomic E-state index is 14.3. The van der Waals surface area contributed by atoms with E-state index in [9.17, 15) is 14.4 Å². The van der Waals surface area contributed by atoms with Gasteiger partial charge in [-0.05, 0) is 53.4 Å². The molecule has 3 aliphatic carbocycles. The molecule has 6 nitrogen and oxygen atoms in total. The van der Waals surface area contributed by atoms with Gasteiger partial charge in [0.05, 0.1) is 22.9 Å². The van der Waals surface area contributed by atoms with Crippen LogP contribution in [0, 0.1) is 18.8 Å². The van der Waals surface area contributed by atoms with Crippen LogP contribution in [0.15, 0.2) is 108 Å². The Balaban J connectivity index is 1.40. The van der Waals surface area contributed by atoms with Gasteiger partial charge in [-0.15, -0.1) is 0 Å². The molecule has 190 valence electrons. The summed E-state index contributed by atoms with van der Waals surface area (Å²) < 4.78 is 0. The highest BCUT2D eigenvalue weighted by Gasteiger charge is 2.68. The van der Waals surface area contributed by atoms with Gasteiger partial charge in [0.15, 0.2) is 0 Å². The minimum absolute atomic E-state index is 0.202. The van der Waals surface area contributed by atoms with Crippen molar-refractivity contribution in [2.24, 2.45) is 16.9 Å². The van der Waals surface area contributed by atoms with Crippen LogP contribution in [-0.2, 0) is 15.0 Å². The number of hydrogen-bond donors (Lipinski definition) is 1. The van der Waals surface area contributed by atoms with E-state index in [4.69, 9.17) is 0 Å². The zero-order valence-corrected chi connectivity index (χ0v) is 21.2. The average molecular weight is 512 g/mol. The monoisotopic (exact) mass is 511 g/mol. The summed E-state index contributed by atoms with van der Waals surface area (Å²) in [6, 6.07) is 32.3. The van der Waals surface area contributed by atoms with Gasteiger partial charge >= 0.3 is 0 Å². The number of nitrogens with one attached hydrogen (secondary N) is 1. The SMILES string of the molecule is Cc1ccc(C(=O)N/N=C\C23c4ccccc4C(c4ccccc42)[C@@H]2C(=O)N(c4ccccc4)C(=O)[C@H]23)cc1. The Hall–Kier alpha value is -4.84. The van der Waals surface area contributed by atoms with Crippen LogP contribution in [0.3, 0.4) is 0 Å². The van der Waals surface area contributed by atoms with Gasteiger partial charge in [0.2, 0.25) is 11.8 Å². The summed E-state index contributed by atoms with van der Waals surface area (Å²) in [5.74, 6) is -2.31. The van der Waals surface area contributed by atoms with Crippen molar-refractivity contribution in [1.29, 1.82) is 0 Å². The minimum Gasteiger partial charge on any atom is -0.274 e. The molecule has 2 atom stereocenters. The molecule has 2 bridgehead atoms. The second-order valence-electron chi connectivity index (χ2n) is 10.4. The lowest BCUT2D eigenvalue weighted by Crippen LogP contribution is -2.54. The van der Waals surface area contributed by atoms with Crippen LogP contribution < -0.4 is 10.3 Å². The highest BCUT2D eigenvalue weighted by Crippen LogP contribution is 2.63. The van der Waals surface area contributed by atoms with E-state index in [0.717, 1.165) is 27.8 Å². The van der Waals surface area contributed by atoms with Gasteiger partial charge in [0.25, 0.3) is 5.91 Å². The average Bonchev–Trinajstić information content (AvgIpc) is 3.24. The number of hydrogen-bond acceptors (Lipinski definition) is 4. The standard InChI is InChI=1S/C33H25N3O3/c1-20-15-17-21(18-16-20)30(37)35-34-19-33-25-13-7-5-11-23(25)27(24-12-6-8-14-26(24)33)28-29(33)32(39)36(31(28)38)22-9-3-2-4-10-22/h2-19,27-29H,1H3,(H,35,37)/b34-19-/t27?,28-,29-,33?/m0/s1. The molecule has 0 spiro atoms. The van der Waals surface area contributed by atoms with E-state index < -0.39 is 17.3 Å². The molecule has 0 aromatic heterocycles. The molecular formula is C33H25N3O3. The number of imide groups is 1. The van der Waals surface area contributed by atoms with Gasteiger partial charge < -0.3 is 0 Å². The topological polar surface area (TPSA) is 78.8 Å². The summed E-state index contributed by atoms with van der Waals surface area (Å²) in [5.41, 5.74) is 7.68. The van der Waals surface area contributed by atoms with E-state index in [1.54, 1.807) is 30.5 Å². The third-order valence-corrected chi connectivity index (χ3v) is 8.45. The number of rotatable bonds is 4. The van der Waals surface area contributed by atoms with Crippen LogP contribution in [0.5, 0.6) is 0 Å². The Morgan fingerprint density at radius 1 is 0.795 bits per heavy atom. The van der Waals surface area contributed by atoms with Gasteiger partial charge in [-0.2, -0.15) is 5.10 Å². The Kier molecular flexibility index (Phi) is 5.13. The molecule has 39 heavy (non-hydrogen) atoms. The normalized spacial score (nSPS) is 24.4. The van der Waals surface area contributed by atoms with E-state index in [0.29, 0.717) is 11.3 Å². The molecule has 8 rings (SSSR count). The first-order chi connectivity index (χ1) is 19.0. The lowest BCUT2D eigenvalue weighted by Gasteiger charge is -2.52. The number of anilines is 1. The molecule has 4 aromatic rings. The zero-order valence-electron chi connectivity index (χ0n) is 21.2. The van der Waals surface area contributed by atoms with Crippen LogP contribution in [0.2, 0.25) is 0 Å². The molecule has 1 saturated heterocycles.